The molecule has 6 heteroatoms. The molecular formula is C12H17Cl2N3O. The molecule has 4 nitrogen and oxygen atoms in total. The number of carbonyl (C=O) groups is 1. The van der Waals surface area contributed by atoms with Crippen LogP contribution in [0.1, 0.15) is 30.3 Å². The number of piperidine rings is 1. The Labute approximate surface area is 116 Å². The number of hydrogen-bond donors (Lipinski definition) is 2. The number of carbonyl (C=O) groups excluding carboxylic acids is 1. The van der Waals surface area contributed by atoms with Gasteiger partial charge in [-0.25, -0.2) is 0 Å². The Hall–Kier alpha value is -0.710. The second-order valence-corrected chi connectivity index (χ2v) is 5.64. The van der Waals surface area contributed by atoms with Crippen molar-refractivity contribution in [3.63, 3.8) is 0 Å². The van der Waals surface area contributed by atoms with Crippen molar-refractivity contribution >= 4 is 29.1 Å². The number of hydrogen-bond acceptors (Lipinski definition) is 2. The number of rotatable bonds is 2. The quantitative estimate of drug-likeness (QED) is 0.879. The Morgan fingerprint density at radius 1 is 1.61 bits per heavy atom. The Bertz CT molecular complexity index is 425. The maximum Gasteiger partial charge on any atom is 0.270 e. The van der Waals surface area contributed by atoms with Gasteiger partial charge in [0, 0.05) is 19.1 Å². The third-order valence-corrected chi connectivity index (χ3v) is 4.14. The number of nitrogens with two attached hydrogens (primary N) is 1. The lowest BCUT2D eigenvalue weighted by atomic mass is 9.92. The fourth-order valence-electron chi connectivity index (χ4n) is 2.31. The highest BCUT2D eigenvalue weighted by atomic mass is 35.5. The predicted octanol–water partition coefficient (Wildman–Crippen LogP) is 2.52. The average Bonchev–Trinajstić information content (AvgIpc) is 2.69. The number of likely N-dealkylation sites (tertiary alicyclic amines) is 1. The molecule has 1 aliphatic rings. The summed E-state index contributed by atoms with van der Waals surface area (Å²) in [5, 5.41) is 0.682. The monoisotopic (exact) mass is 289 g/mol. The van der Waals surface area contributed by atoms with Crippen LogP contribution in [-0.2, 0) is 0 Å². The molecule has 2 heterocycles. The number of aromatic amines is 1. The third-order valence-electron chi connectivity index (χ3n) is 3.44. The smallest absolute Gasteiger partial charge is 0.270 e. The van der Waals surface area contributed by atoms with Gasteiger partial charge in [0.15, 0.2) is 0 Å². The van der Waals surface area contributed by atoms with Crippen molar-refractivity contribution in [3.8, 4) is 0 Å². The zero-order valence-electron chi connectivity index (χ0n) is 10.2. The molecule has 1 saturated heterocycles. The summed E-state index contributed by atoms with van der Waals surface area (Å²) in [5.74, 6) is 0.303. The molecule has 0 aromatic carbocycles. The lowest BCUT2D eigenvalue weighted by molar-refractivity contribution is 0.0655. The number of nitrogens with zero attached hydrogens (tertiary/aromatic N) is 1. The van der Waals surface area contributed by atoms with E-state index in [1.807, 2.05) is 11.8 Å². The number of aromatic nitrogens is 1. The van der Waals surface area contributed by atoms with Crippen LogP contribution in [-0.4, -0.2) is 34.9 Å². The molecule has 0 aliphatic carbocycles. The van der Waals surface area contributed by atoms with Gasteiger partial charge >= 0.3 is 0 Å². The highest BCUT2D eigenvalue weighted by molar-refractivity contribution is 6.41. The van der Waals surface area contributed by atoms with E-state index in [2.05, 4.69) is 4.98 Å². The maximum atomic E-state index is 12.3. The summed E-state index contributed by atoms with van der Waals surface area (Å²) in [6.07, 6.45) is 2.06. The molecule has 1 aromatic heterocycles. The molecule has 2 unspecified atom stereocenters. The minimum atomic E-state index is -0.0610. The average molecular weight is 290 g/mol. The first-order chi connectivity index (χ1) is 8.49. The summed E-state index contributed by atoms with van der Waals surface area (Å²) in [4.78, 5) is 16.9. The standard InChI is InChI=1S/C12H17Cl2N3O/c1-7(15)8-3-2-4-17(6-8)12(18)10-5-9(13)11(14)16-10/h5,7-8,16H,2-4,6,15H2,1H3. The van der Waals surface area contributed by atoms with Gasteiger partial charge in [-0.3, -0.25) is 4.79 Å². The van der Waals surface area contributed by atoms with Gasteiger partial charge in [0.05, 0.1) is 5.02 Å². The minimum Gasteiger partial charge on any atom is -0.340 e. The van der Waals surface area contributed by atoms with E-state index in [9.17, 15) is 4.79 Å². The van der Waals surface area contributed by atoms with E-state index in [1.165, 1.54) is 0 Å². The van der Waals surface area contributed by atoms with Crippen molar-refractivity contribution in [1.29, 1.82) is 0 Å². The number of halogens is 2. The van der Waals surface area contributed by atoms with Gasteiger partial charge in [-0.05, 0) is 31.7 Å². The molecule has 100 valence electrons. The highest BCUT2D eigenvalue weighted by Crippen LogP contribution is 2.25. The molecule has 1 amide bonds. The van der Waals surface area contributed by atoms with Gasteiger partial charge in [0.1, 0.15) is 10.8 Å². The molecule has 2 rings (SSSR count). The zero-order chi connectivity index (χ0) is 13.3. The van der Waals surface area contributed by atoms with E-state index in [1.54, 1.807) is 6.07 Å². The van der Waals surface area contributed by atoms with Gasteiger partial charge in [-0.2, -0.15) is 0 Å². The van der Waals surface area contributed by atoms with E-state index >= 15 is 0 Å². The largest absolute Gasteiger partial charge is 0.340 e. The summed E-state index contributed by atoms with van der Waals surface area (Å²) in [6.45, 7) is 3.45. The minimum absolute atomic E-state index is 0.0610. The van der Waals surface area contributed by atoms with Crippen molar-refractivity contribution in [2.45, 2.75) is 25.8 Å². The second kappa shape index (κ2) is 5.51. The third kappa shape index (κ3) is 2.82. The topological polar surface area (TPSA) is 62.1 Å². The zero-order valence-corrected chi connectivity index (χ0v) is 11.8. The van der Waals surface area contributed by atoms with Gasteiger partial charge in [0.25, 0.3) is 5.91 Å². The van der Waals surface area contributed by atoms with Gasteiger partial charge < -0.3 is 15.6 Å². The van der Waals surface area contributed by atoms with Crippen molar-refractivity contribution < 1.29 is 4.79 Å². The highest BCUT2D eigenvalue weighted by Gasteiger charge is 2.27. The summed E-state index contributed by atoms with van der Waals surface area (Å²) in [7, 11) is 0. The lowest BCUT2D eigenvalue weighted by Crippen LogP contribution is -2.45. The van der Waals surface area contributed by atoms with Crippen LogP contribution in [0.5, 0.6) is 0 Å². The van der Waals surface area contributed by atoms with E-state index in [0.717, 1.165) is 19.4 Å². The van der Waals surface area contributed by atoms with Crippen LogP contribution in [0.3, 0.4) is 0 Å². The fourth-order valence-corrected chi connectivity index (χ4v) is 2.63. The number of amides is 1. The fraction of sp³-hybridized carbons (Fsp3) is 0.583. The summed E-state index contributed by atoms with van der Waals surface area (Å²) in [6, 6.07) is 1.68. The van der Waals surface area contributed by atoms with Crippen molar-refractivity contribution in [3.05, 3.63) is 21.9 Å². The molecule has 2 atom stereocenters. The lowest BCUT2D eigenvalue weighted by Gasteiger charge is -2.34. The van der Waals surface area contributed by atoms with E-state index in [0.29, 0.717) is 28.3 Å². The molecule has 3 N–H and O–H groups in total. The molecular weight excluding hydrogens is 273 g/mol. The van der Waals surface area contributed by atoms with Gasteiger partial charge in [0.2, 0.25) is 0 Å². The Balaban J connectivity index is 2.09. The van der Waals surface area contributed by atoms with Crippen LogP contribution < -0.4 is 5.73 Å². The molecule has 0 spiro atoms. The summed E-state index contributed by atoms with van der Waals surface area (Å²) < 4.78 is 0. The predicted molar refractivity (Wildman–Crippen MR) is 73.1 cm³/mol. The molecule has 1 aliphatic heterocycles. The molecule has 0 bridgehead atoms. The molecule has 0 radical (unpaired) electrons. The normalized spacial score (nSPS) is 22.0. The van der Waals surface area contributed by atoms with Crippen LogP contribution in [0, 0.1) is 5.92 Å². The number of H-pyrrole nitrogens is 1. The van der Waals surface area contributed by atoms with Crippen molar-refractivity contribution in [2.75, 3.05) is 13.1 Å². The van der Waals surface area contributed by atoms with Crippen LogP contribution >= 0.6 is 23.2 Å². The van der Waals surface area contributed by atoms with Crippen LogP contribution in [0.25, 0.3) is 0 Å². The molecule has 0 saturated carbocycles. The number of nitrogens with one attached hydrogen (secondary N) is 1. The molecule has 1 aromatic rings. The molecule has 1 fully saturated rings. The SMILES string of the molecule is CC(N)C1CCCN(C(=O)c2cc(Cl)c(Cl)[nH]2)C1. The Morgan fingerprint density at radius 3 is 2.89 bits per heavy atom. The summed E-state index contributed by atoms with van der Waals surface area (Å²) in [5.41, 5.74) is 6.35. The van der Waals surface area contributed by atoms with Crippen LogP contribution in [0.15, 0.2) is 6.07 Å². The van der Waals surface area contributed by atoms with Gasteiger partial charge in [-0.15, -0.1) is 0 Å². The van der Waals surface area contributed by atoms with E-state index in [-0.39, 0.29) is 11.9 Å². The van der Waals surface area contributed by atoms with E-state index in [4.69, 9.17) is 28.9 Å². The Kier molecular flexibility index (Phi) is 4.20. The van der Waals surface area contributed by atoms with Crippen LogP contribution in [0.4, 0.5) is 0 Å². The second-order valence-electron chi connectivity index (χ2n) is 4.86. The Morgan fingerprint density at radius 2 is 2.33 bits per heavy atom. The molecule has 18 heavy (non-hydrogen) atoms. The first-order valence-electron chi connectivity index (χ1n) is 6.08. The maximum absolute atomic E-state index is 12.3. The summed E-state index contributed by atoms with van der Waals surface area (Å²) >= 11 is 11.7. The van der Waals surface area contributed by atoms with Crippen molar-refractivity contribution in [1.82, 2.24) is 9.88 Å². The van der Waals surface area contributed by atoms with E-state index < -0.39 is 0 Å². The van der Waals surface area contributed by atoms with Crippen molar-refractivity contribution in [2.24, 2.45) is 11.7 Å². The first-order valence-corrected chi connectivity index (χ1v) is 6.83. The van der Waals surface area contributed by atoms with Crippen LogP contribution in [0.2, 0.25) is 10.2 Å². The van der Waals surface area contributed by atoms with Gasteiger partial charge in [-0.1, -0.05) is 23.2 Å². The first kappa shape index (κ1) is 13.7.